The summed E-state index contributed by atoms with van der Waals surface area (Å²) in [5, 5.41) is 11.8. The molecule has 7 heteroatoms. The van der Waals surface area contributed by atoms with Crippen molar-refractivity contribution in [2.45, 2.75) is 25.8 Å². The number of aryl methyl sites for hydroxylation is 1. The molecule has 2 heterocycles. The van der Waals surface area contributed by atoms with Crippen LogP contribution in [0.4, 0.5) is 5.95 Å². The topological polar surface area (TPSA) is 90.9 Å². The van der Waals surface area contributed by atoms with Gasteiger partial charge in [-0.25, -0.2) is 9.97 Å². The monoisotopic (exact) mass is 278 g/mol. The summed E-state index contributed by atoms with van der Waals surface area (Å²) < 4.78 is 0. The van der Waals surface area contributed by atoms with Crippen LogP contribution < -0.4 is 10.6 Å². The van der Waals surface area contributed by atoms with E-state index in [0.717, 1.165) is 31.6 Å². The molecular formula is C13H22N6O. The van der Waals surface area contributed by atoms with E-state index in [-0.39, 0.29) is 5.84 Å². The number of anilines is 1. The van der Waals surface area contributed by atoms with Crippen molar-refractivity contribution >= 4 is 11.8 Å². The van der Waals surface area contributed by atoms with Crippen LogP contribution in [0.25, 0.3) is 0 Å². The number of nitrogens with zero attached hydrogens (tertiary/aromatic N) is 5. The van der Waals surface area contributed by atoms with Crippen molar-refractivity contribution in [2.75, 3.05) is 32.1 Å². The van der Waals surface area contributed by atoms with Gasteiger partial charge in [0.1, 0.15) is 5.69 Å². The molecular weight excluding hydrogens is 256 g/mol. The summed E-state index contributed by atoms with van der Waals surface area (Å²) in [6, 6.07) is 2.13. The molecule has 7 nitrogen and oxygen atoms in total. The second-order valence-electron chi connectivity index (χ2n) is 5.33. The number of oxime groups is 1. The van der Waals surface area contributed by atoms with Crippen LogP contribution >= 0.6 is 0 Å². The third-order valence-electron chi connectivity index (χ3n) is 3.76. The number of piperidine rings is 1. The van der Waals surface area contributed by atoms with E-state index < -0.39 is 0 Å². The van der Waals surface area contributed by atoms with Gasteiger partial charge in [0.25, 0.3) is 0 Å². The molecule has 0 bridgehead atoms. The second-order valence-corrected chi connectivity index (χ2v) is 5.33. The minimum atomic E-state index is 0.00790. The average Bonchev–Trinajstić information content (AvgIpc) is 2.45. The van der Waals surface area contributed by atoms with Crippen LogP contribution in [0.5, 0.6) is 0 Å². The third-order valence-corrected chi connectivity index (χ3v) is 3.76. The first-order chi connectivity index (χ1) is 9.51. The van der Waals surface area contributed by atoms with Crippen LogP contribution in [0, 0.1) is 6.92 Å². The molecule has 1 saturated heterocycles. The number of likely N-dealkylation sites (tertiary alicyclic amines) is 1. The van der Waals surface area contributed by atoms with Crippen LogP contribution in [0.2, 0.25) is 0 Å². The Kier molecular flexibility index (Phi) is 4.39. The molecule has 0 amide bonds. The quantitative estimate of drug-likeness (QED) is 0.360. The third kappa shape index (κ3) is 3.16. The maximum absolute atomic E-state index is 8.77. The molecule has 1 aliphatic heterocycles. The van der Waals surface area contributed by atoms with Crippen molar-refractivity contribution in [2.24, 2.45) is 10.9 Å². The Hall–Kier alpha value is -1.89. The number of amidine groups is 1. The lowest BCUT2D eigenvalue weighted by Crippen LogP contribution is -2.42. The van der Waals surface area contributed by atoms with Crippen molar-refractivity contribution in [3.05, 3.63) is 17.5 Å². The van der Waals surface area contributed by atoms with Crippen molar-refractivity contribution in [3.8, 4) is 0 Å². The Bertz CT molecular complexity index is 496. The Labute approximate surface area is 119 Å². The van der Waals surface area contributed by atoms with Crippen LogP contribution in [0.15, 0.2) is 11.2 Å². The Morgan fingerprint density at radius 2 is 2.10 bits per heavy atom. The van der Waals surface area contributed by atoms with Gasteiger partial charge in [0, 0.05) is 18.8 Å². The minimum Gasteiger partial charge on any atom is -0.409 e. The highest BCUT2D eigenvalue weighted by Crippen LogP contribution is 2.19. The smallest absolute Gasteiger partial charge is 0.226 e. The van der Waals surface area contributed by atoms with Crippen molar-refractivity contribution in [1.29, 1.82) is 0 Å². The van der Waals surface area contributed by atoms with Crippen LogP contribution in [-0.2, 0) is 0 Å². The molecule has 0 saturated carbocycles. The summed E-state index contributed by atoms with van der Waals surface area (Å²) in [7, 11) is 4.14. The van der Waals surface area contributed by atoms with Crippen LogP contribution in [0.3, 0.4) is 0 Å². The van der Waals surface area contributed by atoms with E-state index in [9.17, 15) is 0 Å². The molecule has 0 unspecified atom stereocenters. The molecule has 1 fully saturated rings. The zero-order valence-electron chi connectivity index (χ0n) is 12.2. The first-order valence-corrected chi connectivity index (χ1v) is 6.76. The lowest BCUT2D eigenvalue weighted by Gasteiger charge is -2.35. The van der Waals surface area contributed by atoms with Gasteiger partial charge in [0.2, 0.25) is 5.95 Å². The highest BCUT2D eigenvalue weighted by molar-refractivity contribution is 5.95. The van der Waals surface area contributed by atoms with Gasteiger partial charge < -0.3 is 20.7 Å². The van der Waals surface area contributed by atoms with Gasteiger partial charge in [-0.3, -0.25) is 0 Å². The number of rotatable bonds is 3. The van der Waals surface area contributed by atoms with Gasteiger partial charge in [-0.05, 0) is 46.0 Å². The Balaban J connectivity index is 2.21. The predicted molar refractivity (Wildman–Crippen MR) is 78.2 cm³/mol. The Morgan fingerprint density at radius 3 is 2.70 bits per heavy atom. The zero-order valence-corrected chi connectivity index (χ0v) is 12.2. The van der Waals surface area contributed by atoms with E-state index >= 15 is 0 Å². The summed E-state index contributed by atoms with van der Waals surface area (Å²) in [5.74, 6) is 0.634. The normalized spacial score (nSPS) is 18.2. The van der Waals surface area contributed by atoms with Crippen molar-refractivity contribution < 1.29 is 5.21 Å². The molecule has 0 radical (unpaired) electrons. The molecule has 0 aromatic carbocycles. The van der Waals surface area contributed by atoms with Crippen LogP contribution in [-0.4, -0.2) is 59.1 Å². The summed E-state index contributed by atoms with van der Waals surface area (Å²) in [4.78, 5) is 13.3. The fourth-order valence-electron chi connectivity index (χ4n) is 2.44. The highest BCUT2D eigenvalue weighted by Gasteiger charge is 2.23. The lowest BCUT2D eigenvalue weighted by atomic mass is 10.0. The summed E-state index contributed by atoms with van der Waals surface area (Å²) in [5.41, 5.74) is 6.87. The molecule has 0 atom stereocenters. The predicted octanol–water partition coefficient (Wildman–Crippen LogP) is 0.410. The van der Waals surface area contributed by atoms with Gasteiger partial charge in [0.15, 0.2) is 5.84 Å². The molecule has 2 rings (SSSR count). The fourth-order valence-corrected chi connectivity index (χ4v) is 2.44. The Morgan fingerprint density at radius 1 is 1.45 bits per heavy atom. The van der Waals surface area contributed by atoms with Gasteiger partial charge in [-0.1, -0.05) is 5.16 Å². The molecule has 1 aromatic rings. The maximum Gasteiger partial charge on any atom is 0.226 e. The highest BCUT2D eigenvalue weighted by atomic mass is 16.4. The molecule has 20 heavy (non-hydrogen) atoms. The molecule has 1 aliphatic rings. The van der Waals surface area contributed by atoms with Gasteiger partial charge in [-0.15, -0.1) is 0 Å². The first-order valence-electron chi connectivity index (χ1n) is 6.76. The van der Waals surface area contributed by atoms with Crippen molar-refractivity contribution in [1.82, 2.24) is 14.9 Å². The zero-order chi connectivity index (χ0) is 14.7. The summed E-state index contributed by atoms with van der Waals surface area (Å²) >= 11 is 0. The van der Waals surface area contributed by atoms with Crippen molar-refractivity contribution in [3.63, 3.8) is 0 Å². The summed E-state index contributed by atoms with van der Waals surface area (Å²) in [6.07, 6.45) is 2.17. The maximum atomic E-state index is 8.77. The average molecular weight is 278 g/mol. The van der Waals surface area contributed by atoms with Gasteiger partial charge in [-0.2, -0.15) is 0 Å². The molecule has 3 N–H and O–H groups in total. The van der Waals surface area contributed by atoms with Gasteiger partial charge >= 0.3 is 0 Å². The van der Waals surface area contributed by atoms with E-state index in [0.29, 0.717) is 17.7 Å². The molecule has 0 aliphatic carbocycles. The first kappa shape index (κ1) is 14.5. The summed E-state index contributed by atoms with van der Waals surface area (Å²) in [6.45, 7) is 4.03. The largest absolute Gasteiger partial charge is 0.409 e. The van der Waals surface area contributed by atoms with Crippen LogP contribution in [0.1, 0.15) is 24.2 Å². The van der Waals surface area contributed by atoms with E-state index in [4.69, 9.17) is 10.9 Å². The molecule has 110 valence electrons. The minimum absolute atomic E-state index is 0.00790. The SMILES string of the molecule is Cc1cc(/C(N)=N/O)nc(N(C)C2CCN(C)CC2)n1. The van der Waals surface area contributed by atoms with E-state index in [2.05, 4.69) is 32.0 Å². The number of hydrogen-bond donors (Lipinski definition) is 2. The van der Waals surface area contributed by atoms with E-state index in [1.165, 1.54) is 0 Å². The number of hydrogen-bond acceptors (Lipinski definition) is 6. The standard InChI is InChI=1S/C13H22N6O/c1-9-8-11(12(14)17-20)16-13(15-9)19(3)10-4-6-18(2)7-5-10/h8,10,20H,4-7H2,1-3H3,(H2,14,17). The molecule has 0 spiro atoms. The second kappa shape index (κ2) is 6.04. The number of nitrogens with two attached hydrogens (primary N) is 1. The van der Waals surface area contributed by atoms with Gasteiger partial charge in [0.05, 0.1) is 0 Å². The van der Waals surface area contributed by atoms with E-state index in [1.807, 2.05) is 14.0 Å². The fraction of sp³-hybridized carbons (Fsp3) is 0.615. The van der Waals surface area contributed by atoms with E-state index in [1.54, 1.807) is 6.07 Å². The molecule has 1 aromatic heterocycles. The number of aromatic nitrogens is 2. The lowest BCUT2D eigenvalue weighted by molar-refractivity contribution is 0.252.